The van der Waals surface area contributed by atoms with Crippen molar-refractivity contribution >= 4 is 5.91 Å². The molecule has 0 unspecified atom stereocenters. The fraction of sp³-hybridized carbons (Fsp3) is 0.455. The van der Waals surface area contributed by atoms with Crippen molar-refractivity contribution in [1.82, 2.24) is 14.5 Å². The lowest BCUT2D eigenvalue weighted by Crippen LogP contribution is -2.38. The van der Waals surface area contributed by atoms with Crippen molar-refractivity contribution in [2.45, 2.75) is 20.4 Å². The number of carbonyl (C=O) groups is 1. The van der Waals surface area contributed by atoms with E-state index in [1.165, 1.54) is 0 Å². The maximum absolute atomic E-state index is 11.8. The Bertz CT molecular complexity index is 590. The molecule has 1 aromatic rings. The van der Waals surface area contributed by atoms with E-state index < -0.39 is 11.2 Å². The molecule has 18 heavy (non-hydrogen) atoms. The van der Waals surface area contributed by atoms with Crippen LogP contribution in [0.1, 0.15) is 19.4 Å². The highest BCUT2D eigenvalue weighted by Crippen LogP contribution is 1.92. The molecule has 0 atom stereocenters. The van der Waals surface area contributed by atoms with Crippen LogP contribution >= 0.6 is 0 Å². The highest BCUT2D eigenvalue weighted by atomic mass is 16.2. The zero-order chi connectivity index (χ0) is 13.7. The van der Waals surface area contributed by atoms with Gasteiger partial charge in [-0.15, -0.1) is 0 Å². The van der Waals surface area contributed by atoms with Gasteiger partial charge in [-0.05, 0) is 13.8 Å². The highest BCUT2D eigenvalue weighted by Gasteiger charge is 2.12. The Kier molecular flexibility index (Phi) is 4.43. The van der Waals surface area contributed by atoms with Crippen molar-refractivity contribution < 1.29 is 4.79 Å². The minimum atomic E-state index is -0.742. The molecule has 96 valence electrons. The van der Waals surface area contributed by atoms with Gasteiger partial charge in [-0.3, -0.25) is 19.1 Å². The number of amides is 1. The zero-order valence-electron chi connectivity index (χ0n) is 10.3. The van der Waals surface area contributed by atoms with Crippen LogP contribution < -0.4 is 11.2 Å². The van der Waals surface area contributed by atoms with E-state index in [0.717, 1.165) is 10.8 Å². The lowest BCUT2D eigenvalue weighted by molar-refractivity contribution is -0.131. The summed E-state index contributed by atoms with van der Waals surface area (Å²) >= 11 is 0. The summed E-state index contributed by atoms with van der Waals surface area (Å²) in [6.45, 7) is 4.55. The molecule has 0 aromatic carbocycles. The van der Waals surface area contributed by atoms with Crippen LogP contribution in [0.2, 0.25) is 0 Å². The Labute approximate surface area is 103 Å². The van der Waals surface area contributed by atoms with Gasteiger partial charge in [-0.25, -0.2) is 4.79 Å². The maximum atomic E-state index is 11.8. The van der Waals surface area contributed by atoms with Crippen LogP contribution in [-0.4, -0.2) is 33.4 Å². The van der Waals surface area contributed by atoms with Crippen molar-refractivity contribution in [3.05, 3.63) is 32.6 Å². The van der Waals surface area contributed by atoms with Gasteiger partial charge in [0.25, 0.3) is 5.56 Å². The third kappa shape index (κ3) is 2.85. The van der Waals surface area contributed by atoms with Crippen molar-refractivity contribution in [2.24, 2.45) is 0 Å². The van der Waals surface area contributed by atoms with E-state index in [1.807, 2.05) is 18.8 Å². The Balaban J connectivity index is 3.06. The SMILES string of the molecule is CCN(CC)C(=O)Cn1cc(C#N)c(=O)[nH]c1=O. The van der Waals surface area contributed by atoms with Gasteiger partial charge in [0.2, 0.25) is 5.91 Å². The van der Waals surface area contributed by atoms with Gasteiger partial charge in [0.1, 0.15) is 18.2 Å². The number of nitriles is 1. The number of nitrogens with zero attached hydrogens (tertiary/aromatic N) is 3. The second kappa shape index (κ2) is 5.82. The number of hydrogen-bond donors (Lipinski definition) is 1. The minimum absolute atomic E-state index is 0.189. The number of likely N-dealkylation sites (N-methyl/N-ethyl adjacent to an activating group) is 1. The first-order chi connectivity index (χ1) is 8.53. The van der Waals surface area contributed by atoms with Crippen molar-refractivity contribution in [1.29, 1.82) is 5.26 Å². The summed E-state index contributed by atoms with van der Waals surface area (Å²) in [5.41, 5.74) is -1.63. The molecule has 0 aliphatic carbocycles. The molecule has 0 fully saturated rings. The summed E-state index contributed by atoms with van der Waals surface area (Å²) in [5.74, 6) is -0.238. The van der Waals surface area contributed by atoms with Crippen LogP contribution in [0.4, 0.5) is 0 Å². The molecule has 0 bridgehead atoms. The molecule has 0 saturated carbocycles. The lowest BCUT2D eigenvalue weighted by atomic mass is 10.3. The molecule has 0 aliphatic rings. The Morgan fingerprint density at radius 3 is 2.56 bits per heavy atom. The predicted molar refractivity (Wildman–Crippen MR) is 64.0 cm³/mol. The first kappa shape index (κ1) is 13.7. The summed E-state index contributed by atoms with van der Waals surface area (Å²) in [6.07, 6.45) is 1.10. The summed E-state index contributed by atoms with van der Waals surface area (Å²) in [5, 5.41) is 8.69. The fourth-order valence-electron chi connectivity index (χ4n) is 1.53. The average Bonchev–Trinajstić information content (AvgIpc) is 2.34. The van der Waals surface area contributed by atoms with Gasteiger partial charge < -0.3 is 4.90 Å². The standard InChI is InChI=1S/C11H14N4O3/c1-3-14(4-2)9(16)7-15-6-8(5-12)10(17)13-11(15)18/h6H,3-4,7H2,1-2H3,(H,13,17,18). The quantitative estimate of drug-likeness (QED) is 0.762. The normalized spacial score (nSPS) is 9.83. The van der Waals surface area contributed by atoms with Crippen molar-refractivity contribution in [3.8, 4) is 6.07 Å². The smallest absolute Gasteiger partial charge is 0.328 e. The molecular weight excluding hydrogens is 236 g/mol. The Morgan fingerprint density at radius 1 is 1.44 bits per heavy atom. The van der Waals surface area contributed by atoms with E-state index in [1.54, 1.807) is 11.0 Å². The number of carbonyl (C=O) groups excluding carboxylic acids is 1. The maximum Gasteiger partial charge on any atom is 0.328 e. The molecule has 1 heterocycles. The Hall–Kier alpha value is -2.36. The van der Waals surface area contributed by atoms with Crippen LogP contribution in [0.5, 0.6) is 0 Å². The van der Waals surface area contributed by atoms with Crippen LogP contribution in [0.15, 0.2) is 15.8 Å². The van der Waals surface area contributed by atoms with Gasteiger partial charge in [-0.2, -0.15) is 5.26 Å². The van der Waals surface area contributed by atoms with E-state index in [4.69, 9.17) is 5.26 Å². The van der Waals surface area contributed by atoms with E-state index in [-0.39, 0.29) is 18.0 Å². The number of rotatable bonds is 4. The average molecular weight is 250 g/mol. The number of H-pyrrole nitrogens is 1. The number of hydrogen-bond acceptors (Lipinski definition) is 4. The van der Waals surface area contributed by atoms with E-state index in [9.17, 15) is 14.4 Å². The molecule has 0 aliphatic heterocycles. The summed E-state index contributed by atoms with van der Waals surface area (Å²) in [7, 11) is 0. The first-order valence-electron chi connectivity index (χ1n) is 5.55. The lowest BCUT2D eigenvalue weighted by Gasteiger charge is -2.18. The summed E-state index contributed by atoms with van der Waals surface area (Å²) in [4.78, 5) is 38.0. The van der Waals surface area contributed by atoms with Crippen LogP contribution in [0.3, 0.4) is 0 Å². The highest BCUT2D eigenvalue weighted by molar-refractivity contribution is 5.75. The second-order valence-electron chi connectivity index (χ2n) is 3.61. The largest absolute Gasteiger partial charge is 0.342 e. The molecule has 1 rings (SSSR count). The number of nitrogens with one attached hydrogen (secondary N) is 1. The van der Waals surface area contributed by atoms with Gasteiger partial charge >= 0.3 is 5.69 Å². The molecule has 0 saturated heterocycles. The van der Waals surface area contributed by atoms with Gasteiger partial charge in [0.15, 0.2) is 0 Å². The zero-order valence-corrected chi connectivity index (χ0v) is 10.3. The molecule has 1 N–H and O–H groups in total. The van der Waals surface area contributed by atoms with E-state index >= 15 is 0 Å². The third-order valence-corrected chi connectivity index (χ3v) is 2.55. The van der Waals surface area contributed by atoms with Crippen LogP contribution in [0.25, 0.3) is 0 Å². The molecular formula is C11H14N4O3. The monoisotopic (exact) mass is 250 g/mol. The van der Waals surface area contributed by atoms with Gasteiger partial charge in [-0.1, -0.05) is 0 Å². The second-order valence-corrected chi connectivity index (χ2v) is 3.61. The molecule has 0 radical (unpaired) electrons. The van der Waals surface area contributed by atoms with Crippen molar-refractivity contribution in [3.63, 3.8) is 0 Å². The predicted octanol–water partition coefficient (Wildman–Crippen LogP) is -0.723. The minimum Gasteiger partial charge on any atom is -0.342 e. The molecule has 1 amide bonds. The fourth-order valence-corrected chi connectivity index (χ4v) is 1.53. The summed E-state index contributed by atoms with van der Waals surface area (Å²) < 4.78 is 1.03. The molecule has 7 heteroatoms. The van der Waals surface area contributed by atoms with Gasteiger partial charge in [0, 0.05) is 19.3 Å². The van der Waals surface area contributed by atoms with Crippen LogP contribution in [-0.2, 0) is 11.3 Å². The molecule has 7 nitrogen and oxygen atoms in total. The van der Waals surface area contributed by atoms with E-state index in [0.29, 0.717) is 13.1 Å². The number of aromatic amines is 1. The topological polar surface area (TPSA) is 99.0 Å². The number of aromatic nitrogens is 2. The Morgan fingerprint density at radius 2 is 2.06 bits per heavy atom. The first-order valence-corrected chi connectivity index (χ1v) is 5.55. The van der Waals surface area contributed by atoms with E-state index in [2.05, 4.69) is 0 Å². The van der Waals surface area contributed by atoms with Gasteiger partial charge in [0.05, 0.1) is 0 Å². The third-order valence-electron chi connectivity index (χ3n) is 2.55. The molecule has 0 spiro atoms. The van der Waals surface area contributed by atoms with Crippen molar-refractivity contribution in [2.75, 3.05) is 13.1 Å². The van der Waals surface area contributed by atoms with Crippen LogP contribution in [0, 0.1) is 11.3 Å². The molecule has 1 aromatic heterocycles. The summed E-state index contributed by atoms with van der Waals surface area (Å²) in [6, 6.07) is 1.66.